The number of alkyl halides is 3. The van der Waals surface area contributed by atoms with Crippen molar-refractivity contribution in [2.45, 2.75) is 25.6 Å². The van der Waals surface area contributed by atoms with Crippen molar-refractivity contribution in [1.29, 1.82) is 0 Å². The summed E-state index contributed by atoms with van der Waals surface area (Å²) >= 11 is 6.06. The summed E-state index contributed by atoms with van der Waals surface area (Å²) in [5, 5.41) is 14.0. The Kier molecular flexibility index (Phi) is 6.05. The van der Waals surface area contributed by atoms with Crippen LogP contribution in [0.4, 0.5) is 17.6 Å². The number of hydrogen-bond acceptors (Lipinski definition) is 2. The Bertz CT molecular complexity index is 1010. The molecule has 0 spiro atoms. The maximum absolute atomic E-state index is 13.3. The average molecular weight is 413 g/mol. The lowest BCUT2D eigenvalue weighted by Crippen LogP contribution is -2.06. The minimum atomic E-state index is -4.48. The van der Waals surface area contributed by atoms with Crippen LogP contribution in [0, 0.1) is 5.82 Å². The summed E-state index contributed by atoms with van der Waals surface area (Å²) in [4.78, 5) is 0. The number of unbranched alkanes of at least 4 members (excludes halogenated alkanes) is 1. The zero-order valence-electron chi connectivity index (χ0n) is 14.7. The summed E-state index contributed by atoms with van der Waals surface area (Å²) in [5.74, 6) is -0.495. The lowest BCUT2D eigenvalue weighted by Gasteiger charge is -2.09. The number of aromatic nitrogens is 2. The summed E-state index contributed by atoms with van der Waals surface area (Å²) in [6, 6.07) is 7.33. The third-order valence-electron chi connectivity index (χ3n) is 4.25. The molecule has 28 heavy (non-hydrogen) atoms. The van der Waals surface area contributed by atoms with Crippen LogP contribution in [-0.2, 0) is 12.7 Å². The van der Waals surface area contributed by atoms with Crippen molar-refractivity contribution in [3.8, 4) is 0 Å². The van der Waals surface area contributed by atoms with Crippen LogP contribution in [0.5, 0.6) is 0 Å². The van der Waals surface area contributed by atoms with Gasteiger partial charge in [-0.3, -0.25) is 4.68 Å². The van der Waals surface area contributed by atoms with E-state index in [-0.39, 0.29) is 18.2 Å². The number of nitrogens with zero attached hydrogens (tertiary/aromatic N) is 2. The fraction of sp³-hybridized carbons (Fsp3) is 0.250. The highest BCUT2D eigenvalue weighted by molar-refractivity contribution is 6.31. The van der Waals surface area contributed by atoms with Gasteiger partial charge >= 0.3 is 6.18 Å². The highest BCUT2D eigenvalue weighted by atomic mass is 35.5. The maximum Gasteiger partial charge on any atom is 0.416 e. The lowest BCUT2D eigenvalue weighted by atomic mass is 10.1. The molecule has 0 aliphatic carbocycles. The molecular weight excluding hydrogens is 396 g/mol. The smallest absolute Gasteiger partial charge is 0.396 e. The third kappa shape index (κ3) is 4.54. The van der Waals surface area contributed by atoms with Crippen molar-refractivity contribution in [2.75, 3.05) is 6.61 Å². The Hall–Kier alpha value is -2.38. The Balaban J connectivity index is 2.06. The molecule has 3 rings (SSSR count). The van der Waals surface area contributed by atoms with Crippen molar-refractivity contribution >= 4 is 28.6 Å². The van der Waals surface area contributed by atoms with Crippen molar-refractivity contribution in [3.63, 3.8) is 0 Å². The number of aliphatic hydroxyl groups excluding tert-OH is 1. The quantitative estimate of drug-likeness (QED) is 0.417. The first-order valence-corrected chi connectivity index (χ1v) is 8.96. The molecule has 0 aliphatic rings. The molecule has 2 aromatic carbocycles. The van der Waals surface area contributed by atoms with E-state index in [1.807, 2.05) is 6.08 Å². The fourth-order valence-electron chi connectivity index (χ4n) is 2.83. The minimum Gasteiger partial charge on any atom is -0.396 e. The van der Waals surface area contributed by atoms with Gasteiger partial charge in [0.15, 0.2) is 0 Å². The third-order valence-corrected chi connectivity index (χ3v) is 4.60. The van der Waals surface area contributed by atoms with E-state index < -0.39 is 17.6 Å². The van der Waals surface area contributed by atoms with Crippen molar-refractivity contribution in [1.82, 2.24) is 9.78 Å². The average Bonchev–Trinajstić information content (AvgIpc) is 2.97. The fourth-order valence-corrected chi connectivity index (χ4v) is 3.06. The van der Waals surface area contributed by atoms with Gasteiger partial charge in [-0.15, -0.1) is 0 Å². The van der Waals surface area contributed by atoms with Crippen molar-refractivity contribution in [3.05, 3.63) is 70.1 Å². The standard InChI is InChI=1S/C20H17ClF4N2O/c21-17-11-15(22)7-5-13(17)12-27-19-10-14(20(23,24)25)6-8-16(19)18(26-27)4-2-1-3-9-28/h2,4-8,10-11,28H,1,3,9,12H2. The second-order valence-corrected chi connectivity index (χ2v) is 6.68. The summed E-state index contributed by atoms with van der Waals surface area (Å²) in [6.45, 7) is 0.152. The van der Waals surface area contributed by atoms with Crippen LogP contribution in [-0.4, -0.2) is 21.5 Å². The number of hydrogen-bond donors (Lipinski definition) is 1. The zero-order chi connectivity index (χ0) is 20.3. The van der Waals surface area contributed by atoms with Gasteiger partial charge in [-0.25, -0.2) is 4.39 Å². The van der Waals surface area contributed by atoms with Gasteiger partial charge in [0, 0.05) is 17.0 Å². The van der Waals surface area contributed by atoms with Crippen LogP contribution < -0.4 is 0 Å². The van der Waals surface area contributed by atoms with Gasteiger partial charge in [0.1, 0.15) is 5.82 Å². The molecule has 0 fully saturated rings. The van der Waals surface area contributed by atoms with Crippen LogP contribution >= 0.6 is 11.6 Å². The molecule has 3 aromatic rings. The van der Waals surface area contributed by atoms with Crippen LogP contribution in [0.25, 0.3) is 17.0 Å². The van der Waals surface area contributed by atoms with E-state index in [1.54, 1.807) is 6.08 Å². The highest BCUT2D eigenvalue weighted by Gasteiger charge is 2.31. The number of allylic oxidation sites excluding steroid dienone is 1. The molecule has 1 N–H and O–H groups in total. The summed E-state index contributed by atoms with van der Waals surface area (Å²) in [5.41, 5.74) is 0.583. The molecule has 0 unspecified atom stereocenters. The Morgan fingerprint density at radius 2 is 1.93 bits per heavy atom. The summed E-state index contributed by atoms with van der Waals surface area (Å²) < 4.78 is 54.1. The van der Waals surface area contributed by atoms with E-state index in [0.29, 0.717) is 35.0 Å². The Morgan fingerprint density at radius 3 is 2.61 bits per heavy atom. The van der Waals surface area contributed by atoms with E-state index in [9.17, 15) is 17.6 Å². The number of benzene rings is 2. The molecular formula is C20H17ClF4N2O. The molecule has 8 heteroatoms. The number of aliphatic hydroxyl groups is 1. The number of rotatable bonds is 6. The topological polar surface area (TPSA) is 38.1 Å². The zero-order valence-corrected chi connectivity index (χ0v) is 15.4. The molecule has 3 nitrogen and oxygen atoms in total. The van der Waals surface area contributed by atoms with E-state index in [2.05, 4.69) is 5.10 Å². The van der Waals surface area contributed by atoms with Crippen molar-refractivity contribution < 1.29 is 22.7 Å². The SMILES string of the molecule is OCCCC=Cc1nn(Cc2ccc(F)cc2Cl)c2cc(C(F)(F)F)ccc12. The molecule has 0 atom stereocenters. The normalized spacial score (nSPS) is 12.4. The van der Waals surface area contributed by atoms with E-state index >= 15 is 0 Å². The van der Waals surface area contributed by atoms with Gasteiger partial charge in [-0.2, -0.15) is 18.3 Å². The first-order chi connectivity index (χ1) is 13.3. The maximum atomic E-state index is 13.3. The summed E-state index contributed by atoms with van der Waals surface area (Å²) in [7, 11) is 0. The highest BCUT2D eigenvalue weighted by Crippen LogP contribution is 2.33. The van der Waals surface area contributed by atoms with Crippen molar-refractivity contribution in [2.24, 2.45) is 0 Å². The van der Waals surface area contributed by atoms with Crippen LogP contribution in [0.1, 0.15) is 29.7 Å². The van der Waals surface area contributed by atoms with Gasteiger partial charge < -0.3 is 5.11 Å². The Labute approximate surface area is 163 Å². The van der Waals surface area contributed by atoms with E-state index in [4.69, 9.17) is 16.7 Å². The van der Waals surface area contributed by atoms with Gasteiger partial charge in [-0.05, 0) is 54.8 Å². The van der Waals surface area contributed by atoms with Gasteiger partial charge in [0.2, 0.25) is 0 Å². The molecule has 0 saturated heterocycles. The molecule has 1 heterocycles. The molecule has 148 valence electrons. The first-order valence-electron chi connectivity index (χ1n) is 8.58. The monoisotopic (exact) mass is 412 g/mol. The second-order valence-electron chi connectivity index (χ2n) is 6.28. The van der Waals surface area contributed by atoms with Gasteiger partial charge in [-0.1, -0.05) is 23.7 Å². The van der Waals surface area contributed by atoms with E-state index in [0.717, 1.165) is 18.2 Å². The van der Waals surface area contributed by atoms with Gasteiger partial charge in [0.25, 0.3) is 0 Å². The molecule has 0 saturated carbocycles. The van der Waals surface area contributed by atoms with Crippen LogP contribution in [0.3, 0.4) is 0 Å². The predicted molar refractivity (Wildman–Crippen MR) is 101 cm³/mol. The molecule has 0 aliphatic heterocycles. The molecule has 0 radical (unpaired) electrons. The van der Waals surface area contributed by atoms with E-state index in [1.165, 1.54) is 22.9 Å². The number of halogens is 5. The number of fused-ring (bicyclic) bond motifs is 1. The second kappa shape index (κ2) is 8.32. The molecule has 0 bridgehead atoms. The van der Waals surface area contributed by atoms with Crippen LogP contribution in [0.2, 0.25) is 5.02 Å². The molecule has 0 amide bonds. The largest absolute Gasteiger partial charge is 0.416 e. The van der Waals surface area contributed by atoms with Crippen LogP contribution in [0.15, 0.2) is 42.5 Å². The lowest BCUT2D eigenvalue weighted by molar-refractivity contribution is -0.137. The Morgan fingerprint density at radius 1 is 1.14 bits per heavy atom. The predicted octanol–water partition coefficient (Wildman–Crippen LogP) is 5.68. The first kappa shape index (κ1) is 20.4. The molecule has 1 aromatic heterocycles. The van der Waals surface area contributed by atoms with Gasteiger partial charge in [0.05, 0.1) is 23.3 Å². The minimum absolute atomic E-state index is 0.0531. The summed E-state index contributed by atoms with van der Waals surface area (Å²) in [6.07, 6.45) is 0.251.